The van der Waals surface area contributed by atoms with Crippen molar-refractivity contribution in [2.45, 2.75) is 4.90 Å². The molecule has 0 unspecified atom stereocenters. The summed E-state index contributed by atoms with van der Waals surface area (Å²) in [4.78, 5) is -0.189. The molecule has 0 radical (unpaired) electrons. The molecule has 3 aromatic rings. The van der Waals surface area contributed by atoms with Gasteiger partial charge in [-0.15, -0.1) is 0 Å². The van der Waals surface area contributed by atoms with E-state index in [9.17, 15) is 13.0 Å². The Morgan fingerprint density at radius 3 is 2.05 bits per heavy atom. The number of fused-ring (bicyclic) bond motifs is 3. The van der Waals surface area contributed by atoms with Crippen molar-refractivity contribution in [1.82, 2.24) is 0 Å². The van der Waals surface area contributed by atoms with Crippen LogP contribution in [0.15, 0.2) is 59.5 Å². The van der Waals surface area contributed by atoms with Gasteiger partial charge in [0, 0.05) is 0 Å². The van der Waals surface area contributed by atoms with E-state index < -0.39 is 10.1 Å². The first-order valence-corrected chi connectivity index (χ1v) is 6.84. The predicted molar refractivity (Wildman–Crippen MR) is 69.4 cm³/mol. The van der Waals surface area contributed by atoms with Crippen LogP contribution in [0.25, 0.3) is 21.5 Å². The van der Waals surface area contributed by atoms with Crippen molar-refractivity contribution in [3.63, 3.8) is 0 Å². The smallest absolute Gasteiger partial charge is 0.744 e. The van der Waals surface area contributed by atoms with Gasteiger partial charge in [-0.25, -0.2) is 8.42 Å². The Hall–Kier alpha value is -0.910. The fourth-order valence-electron chi connectivity index (χ4n) is 2.14. The van der Waals surface area contributed by atoms with Gasteiger partial charge in [0.1, 0.15) is 10.1 Å². The van der Waals surface area contributed by atoms with E-state index >= 15 is 0 Å². The standard InChI is InChI=1S/C14H10O3S.Na/c15-18(16,17)12-8-7-11-6-5-10-3-1-2-4-13(10)14(11)9-12;/h1-9H,(H,15,16,17);/q;+1/p-1. The van der Waals surface area contributed by atoms with E-state index in [1.165, 1.54) is 12.1 Å². The molecule has 90 valence electrons. The number of hydrogen-bond donors (Lipinski definition) is 0. The average molecular weight is 280 g/mol. The normalized spacial score (nSPS) is 11.4. The van der Waals surface area contributed by atoms with Gasteiger partial charge in [0.25, 0.3) is 0 Å². The summed E-state index contributed by atoms with van der Waals surface area (Å²) in [6.07, 6.45) is 0. The van der Waals surface area contributed by atoms with Gasteiger partial charge in [-0.2, -0.15) is 0 Å². The molecule has 0 saturated carbocycles. The molecule has 0 aliphatic heterocycles. The molecule has 0 atom stereocenters. The maximum atomic E-state index is 11.1. The van der Waals surface area contributed by atoms with Crippen molar-refractivity contribution >= 4 is 31.7 Å². The minimum Gasteiger partial charge on any atom is -0.744 e. The van der Waals surface area contributed by atoms with Gasteiger partial charge in [0.2, 0.25) is 0 Å². The van der Waals surface area contributed by atoms with Crippen LogP contribution >= 0.6 is 0 Å². The van der Waals surface area contributed by atoms with E-state index in [-0.39, 0.29) is 34.5 Å². The van der Waals surface area contributed by atoms with Crippen molar-refractivity contribution in [2.24, 2.45) is 0 Å². The average Bonchev–Trinajstić information content (AvgIpc) is 2.37. The van der Waals surface area contributed by atoms with E-state index in [4.69, 9.17) is 0 Å². The third-order valence-corrected chi connectivity index (χ3v) is 3.84. The molecule has 0 aliphatic carbocycles. The first-order chi connectivity index (χ1) is 8.55. The molecule has 0 aromatic heterocycles. The van der Waals surface area contributed by atoms with E-state index in [1.807, 2.05) is 36.4 Å². The SMILES string of the molecule is O=S(=O)([O-])c1ccc2ccc3ccccc3c2c1.[Na+]. The minimum atomic E-state index is -4.41. The van der Waals surface area contributed by atoms with Crippen LogP contribution in [0.2, 0.25) is 0 Å². The van der Waals surface area contributed by atoms with Crippen LogP contribution in [0.5, 0.6) is 0 Å². The number of hydrogen-bond acceptors (Lipinski definition) is 3. The summed E-state index contributed by atoms with van der Waals surface area (Å²) in [5.74, 6) is 0. The van der Waals surface area contributed by atoms with E-state index in [2.05, 4.69) is 0 Å². The molecule has 3 aromatic carbocycles. The van der Waals surface area contributed by atoms with E-state index in [1.54, 1.807) is 6.07 Å². The van der Waals surface area contributed by atoms with Gasteiger partial charge < -0.3 is 4.55 Å². The monoisotopic (exact) mass is 280 g/mol. The second kappa shape index (κ2) is 5.23. The van der Waals surface area contributed by atoms with Crippen molar-refractivity contribution < 1.29 is 42.5 Å². The minimum absolute atomic E-state index is 0. The molecule has 3 rings (SSSR count). The van der Waals surface area contributed by atoms with Gasteiger partial charge in [-0.05, 0) is 33.7 Å². The van der Waals surface area contributed by atoms with Crippen LogP contribution in [0.1, 0.15) is 0 Å². The van der Waals surface area contributed by atoms with Crippen LogP contribution in [0.4, 0.5) is 0 Å². The van der Waals surface area contributed by atoms with Crippen LogP contribution in [0.3, 0.4) is 0 Å². The molecule has 0 aliphatic rings. The topological polar surface area (TPSA) is 57.2 Å². The second-order valence-corrected chi connectivity index (χ2v) is 5.50. The molecule has 0 bridgehead atoms. The maximum Gasteiger partial charge on any atom is 1.00 e. The zero-order valence-corrected chi connectivity index (χ0v) is 13.1. The molecule has 0 heterocycles. The summed E-state index contributed by atoms with van der Waals surface area (Å²) >= 11 is 0. The van der Waals surface area contributed by atoms with Crippen LogP contribution < -0.4 is 29.6 Å². The molecular formula is C14H9NaO3S. The summed E-state index contributed by atoms with van der Waals surface area (Å²) in [7, 11) is -4.41. The third kappa shape index (κ3) is 2.68. The second-order valence-electron chi connectivity index (χ2n) is 4.12. The Balaban J connectivity index is 0.00000133. The first kappa shape index (κ1) is 14.5. The zero-order chi connectivity index (χ0) is 12.8. The summed E-state index contributed by atoms with van der Waals surface area (Å²) in [6, 6.07) is 16.0. The Kier molecular flexibility index (Phi) is 3.99. The van der Waals surface area contributed by atoms with Crippen LogP contribution in [-0.4, -0.2) is 13.0 Å². The molecule has 0 spiro atoms. The fourth-order valence-corrected chi connectivity index (χ4v) is 2.63. The number of benzene rings is 3. The van der Waals surface area contributed by atoms with E-state index in [0.717, 1.165) is 21.5 Å². The largest absolute Gasteiger partial charge is 1.00 e. The van der Waals surface area contributed by atoms with Gasteiger partial charge in [-0.3, -0.25) is 0 Å². The molecular weight excluding hydrogens is 271 g/mol. The summed E-state index contributed by atoms with van der Waals surface area (Å²) in [6.45, 7) is 0. The van der Waals surface area contributed by atoms with Crippen molar-refractivity contribution in [2.75, 3.05) is 0 Å². The van der Waals surface area contributed by atoms with Gasteiger partial charge in [-0.1, -0.05) is 42.5 Å². The van der Waals surface area contributed by atoms with Crippen molar-refractivity contribution in [1.29, 1.82) is 0 Å². The van der Waals surface area contributed by atoms with Crippen molar-refractivity contribution in [3.05, 3.63) is 54.6 Å². The predicted octanol–water partition coefficient (Wildman–Crippen LogP) is -0.0989. The van der Waals surface area contributed by atoms with Crippen LogP contribution in [0, 0.1) is 0 Å². The Morgan fingerprint density at radius 2 is 1.37 bits per heavy atom. The Labute approximate surface area is 133 Å². The molecule has 5 heteroatoms. The van der Waals surface area contributed by atoms with Crippen molar-refractivity contribution in [3.8, 4) is 0 Å². The van der Waals surface area contributed by atoms with E-state index in [0.29, 0.717) is 0 Å². The Bertz CT molecular complexity index is 857. The zero-order valence-electron chi connectivity index (χ0n) is 10.3. The van der Waals surface area contributed by atoms with Gasteiger partial charge in [0.05, 0.1) is 4.90 Å². The summed E-state index contributed by atoms with van der Waals surface area (Å²) in [5, 5.41) is 3.66. The molecule has 0 amide bonds. The quantitative estimate of drug-likeness (QED) is 0.355. The first-order valence-electron chi connectivity index (χ1n) is 5.43. The molecule has 0 fully saturated rings. The molecule has 0 N–H and O–H groups in total. The van der Waals surface area contributed by atoms with Gasteiger partial charge >= 0.3 is 29.6 Å². The molecule has 19 heavy (non-hydrogen) atoms. The third-order valence-electron chi connectivity index (χ3n) is 3.01. The summed E-state index contributed by atoms with van der Waals surface area (Å²) in [5.41, 5.74) is 0. The maximum absolute atomic E-state index is 11.1. The van der Waals surface area contributed by atoms with Crippen LogP contribution in [-0.2, 0) is 10.1 Å². The Morgan fingerprint density at radius 1 is 0.789 bits per heavy atom. The fraction of sp³-hybridized carbons (Fsp3) is 0. The van der Waals surface area contributed by atoms with Gasteiger partial charge in [0.15, 0.2) is 0 Å². The summed E-state index contributed by atoms with van der Waals surface area (Å²) < 4.78 is 33.2. The molecule has 3 nitrogen and oxygen atoms in total. The number of rotatable bonds is 1. The molecule has 0 saturated heterocycles.